The van der Waals surface area contributed by atoms with Crippen molar-refractivity contribution in [3.05, 3.63) is 63.3 Å². The van der Waals surface area contributed by atoms with Crippen molar-refractivity contribution in [3.8, 4) is 23.1 Å². The Balaban J connectivity index is 1.58. The zero-order valence-electron chi connectivity index (χ0n) is 16.2. The molecule has 0 unspecified atom stereocenters. The Morgan fingerprint density at radius 1 is 1.25 bits per heavy atom. The monoisotopic (exact) mass is 381 g/mol. The Labute approximate surface area is 162 Å². The highest BCUT2D eigenvalue weighted by molar-refractivity contribution is 5.49. The highest BCUT2D eigenvalue weighted by Gasteiger charge is 2.23. The molecule has 0 saturated heterocycles. The first-order valence-electron chi connectivity index (χ1n) is 9.19. The van der Waals surface area contributed by atoms with Crippen molar-refractivity contribution in [2.75, 3.05) is 20.8 Å². The minimum absolute atomic E-state index is 0.112. The number of furan rings is 1. The highest BCUT2D eigenvalue weighted by atomic mass is 16.5. The van der Waals surface area contributed by atoms with Crippen LogP contribution in [0.25, 0.3) is 11.6 Å². The van der Waals surface area contributed by atoms with Gasteiger partial charge in [-0.25, -0.2) is 4.98 Å². The summed E-state index contributed by atoms with van der Waals surface area (Å²) in [4.78, 5) is 22.3. The molecule has 0 bridgehead atoms. The van der Waals surface area contributed by atoms with Crippen LogP contribution in [0.3, 0.4) is 0 Å². The van der Waals surface area contributed by atoms with E-state index in [0.29, 0.717) is 36.7 Å². The fourth-order valence-corrected chi connectivity index (χ4v) is 3.75. The summed E-state index contributed by atoms with van der Waals surface area (Å²) in [5.74, 6) is 2.68. The molecule has 3 heterocycles. The molecule has 1 aliphatic rings. The van der Waals surface area contributed by atoms with Gasteiger partial charge in [0.25, 0.3) is 5.56 Å². The molecule has 28 heavy (non-hydrogen) atoms. The van der Waals surface area contributed by atoms with Crippen molar-refractivity contribution < 1.29 is 13.9 Å². The maximum Gasteiger partial charge on any atom is 0.256 e. The van der Waals surface area contributed by atoms with E-state index in [-0.39, 0.29) is 5.56 Å². The van der Waals surface area contributed by atoms with E-state index in [4.69, 9.17) is 13.9 Å². The summed E-state index contributed by atoms with van der Waals surface area (Å²) < 4.78 is 16.3. The average molecular weight is 381 g/mol. The van der Waals surface area contributed by atoms with Crippen molar-refractivity contribution in [1.29, 1.82) is 0 Å². The predicted octanol–water partition coefficient (Wildman–Crippen LogP) is 2.91. The van der Waals surface area contributed by atoms with Crippen LogP contribution in [0.1, 0.15) is 22.4 Å². The third-order valence-corrected chi connectivity index (χ3v) is 5.16. The lowest BCUT2D eigenvalue weighted by atomic mass is 10.0. The van der Waals surface area contributed by atoms with Crippen molar-refractivity contribution in [2.24, 2.45) is 0 Å². The van der Waals surface area contributed by atoms with Gasteiger partial charge in [-0.2, -0.15) is 0 Å². The van der Waals surface area contributed by atoms with Crippen LogP contribution in [0.15, 0.2) is 39.7 Å². The van der Waals surface area contributed by atoms with Crippen LogP contribution >= 0.6 is 0 Å². The van der Waals surface area contributed by atoms with Crippen molar-refractivity contribution in [3.63, 3.8) is 0 Å². The maximum absolute atomic E-state index is 12.6. The first kappa shape index (κ1) is 18.3. The largest absolute Gasteiger partial charge is 0.496 e. The van der Waals surface area contributed by atoms with Crippen molar-refractivity contribution in [2.45, 2.75) is 26.4 Å². The number of nitrogens with one attached hydrogen (secondary N) is 1. The van der Waals surface area contributed by atoms with Crippen LogP contribution in [-0.4, -0.2) is 35.6 Å². The van der Waals surface area contributed by atoms with Crippen LogP contribution < -0.4 is 15.0 Å². The molecule has 3 aromatic rings. The van der Waals surface area contributed by atoms with Crippen LogP contribution in [0.2, 0.25) is 0 Å². The zero-order chi connectivity index (χ0) is 19.7. The number of H-pyrrole nitrogens is 1. The molecule has 7 heteroatoms. The molecule has 0 fully saturated rings. The SMILES string of the molecule is COc1ccc(CN2CCc3nc(-c4ccco4)[nH]c(=O)c3C2)c(OC)c1C. The molecule has 4 rings (SSSR count). The lowest BCUT2D eigenvalue weighted by Gasteiger charge is -2.28. The normalized spacial score (nSPS) is 14.0. The third kappa shape index (κ3) is 3.29. The molecule has 0 aliphatic carbocycles. The summed E-state index contributed by atoms with van der Waals surface area (Å²) in [5.41, 5.74) is 3.48. The van der Waals surface area contributed by atoms with Crippen molar-refractivity contribution >= 4 is 0 Å². The van der Waals surface area contributed by atoms with E-state index in [1.54, 1.807) is 32.6 Å². The minimum Gasteiger partial charge on any atom is -0.496 e. The van der Waals surface area contributed by atoms with Gasteiger partial charge in [0.15, 0.2) is 11.6 Å². The molecular weight excluding hydrogens is 358 g/mol. The van der Waals surface area contributed by atoms with Gasteiger partial charge in [0.1, 0.15) is 11.5 Å². The summed E-state index contributed by atoms with van der Waals surface area (Å²) in [6, 6.07) is 7.54. The van der Waals surface area contributed by atoms with E-state index in [1.165, 1.54) is 0 Å². The molecular formula is C21H23N3O4. The molecule has 1 aliphatic heterocycles. The molecule has 1 aromatic carbocycles. The quantitative estimate of drug-likeness (QED) is 0.732. The number of benzene rings is 1. The number of hydrogen-bond acceptors (Lipinski definition) is 6. The second kappa shape index (κ2) is 7.52. The minimum atomic E-state index is -0.112. The van der Waals surface area contributed by atoms with E-state index < -0.39 is 0 Å². The van der Waals surface area contributed by atoms with Gasteiger partial charge in [-0.1, -0.05) is 6.07 Å². The molecule has 0 amide bonds. The molecule has 146 valence electrons. The van der Waals surface area contributed by atoms with E-state index >= 15 is 0 Å². The summed E-state index contributed by atoms with van der Waals surface area (Å²) in [5, 5.41) is 0. The summed E-state index contributed by atoms with van der Waals surface area (Å²) >= 11 is 0. The van der Waals surface area contributed by atoms with Gasteiger partial charge in [-0.3, -0.25) is 9.69 Å². The number of nitrogens with zero attached hydrogens (tertiary/aromatic N) is 2. The molecule has 2 aromatic heterocycles. The molecule has 1 N–H and O–H groups in total. The lowest BCUT2D eigenvalue weighted by Crippen LogP contribution is -2.35. The smallest absolute Gasteiger partial charge is 0.256 e. The number of methoxy groups -OCH3 is 2. The first-order chi connectivity index (χ1) is 13.6. The first-order valence-corrected chi connectivity index (χ1v) is 9.19. The van der Waals surface area contributed by atoms with E-state index in [2.05, 4.69) is 14.9 Å². The van der Waals surface area contributed by atoms with E-state index in [1.807, 2.05) is 19.1 Å². The highest BCUT2D eigenvalue weighted by Crippen LogP contribution is 2.32. The number of fused-ring (bicyclic) bond motifs is 1. The van der Waals surface area contributed by atoms with Crippen LogP contribution in [0.4, 0.5) is 0 Å². The number of ether oxygens (including phenoxy) is 2. The van der Waals surface area contributed by atoms with Gasteiger partial charge in [-0.15, -0.1) is 0 Å². The van der Waals surface area contributed by atoms with Crippen LogP contribution in [-0.2, 0) is 19.5 Å². The zero-order valence-corrected chi connectivity index (χ0v) is 16.2. The molecule has 0 spiro atoms. The molecule has 0 radical (unpaired) electrons. The van der Waals surface area contributed by atoms with Gasteiger partial charge in [0.2, 0.25) is 0 Å². The molecule has 0 saturated carbocycles. The van der Waals surface area contributed by atoms with Gasteiger partial charge in [0, 0.05) is 37.2 Å². The Bertz CT molecular complexity index is 1040. The fraction of sp³-hybridized carbons (Fsp3) is 0.333. The summed E-state index contributed by atoms with van der Waals surface area (Å²) in [6.07, 6.45) is 2.28. The van der Waals surface area contributed by atoms with Gasteiger partial charge < -0.3 is 18.9 Å². The summed E-state index contributed by atoms with van der Waals surface area (Å²) in [6.45, 7) is 4.03. The predicted molar refractivity (Wildman–Crippen MR) is 105 cm³/mol. The number of rotatable bonds is 5. The maximum atomic E-state index is 12.6. The van der Waals surface area contributed by atoms with Crippen LogP contribution in [0, 0.1) is 6.92 Å². The van der Waals surface area contributed by atoms with Crippen LogP contribution in [0.5, 0.6) is 11.5 Å². The van der Waals surface area contributed by atoms with Gasteiger partial charge in [0.05, 0.1) is 31.7 Å². The lowest BCUT2D eigenvalue weighted by molar-refractivity contribution is 0.237. The number of aromatic amines is 1. The number of hydrogen-bond donors (Lipinski definition) is 1. The molecule has 7 nitrogen and oxygen atoms in total. The average Bonchev–Trinajstić information content (AvgIpc) is 3.23. The second-order valence-corrected chi connectivity index (χ2v) is 6.86. The standard InChI is InChI=1S/C21H23N3O4/c1-13-17(26-2)7-6-14(19(13)27-3)11-24-9-8-16-15(12-24)21(25)23-20(22-16)18-5-4-10-28-18/h4-7,10H,8-9,11-12H2,1-3H3,(H,22,23,25). The number of aromatic nitrogens is 2. The Kier molecular flexibility index (Phi) is 4.92. The van der Waals surface area contributed by atoms with Gasteiger partial charge in [-0.05, 0) is 25.1 Å². The Morgan fingerprint density at radius 2 is 2.11 bits per heavy atom. The van der Waals surface area contributed by atoms with E-state index in [9.17, 15) is 4.79 Å². The third-order valence-electron chi connectivity index (χ3n) is 5.16. The Hall–Kier alpha value is -3.06. The second-order valence-electron chi connectivity index (χ2n) is 6.86. The topological polar surface area (TPSA) is 80.6 Å². The summed E-state index contributed by atoms with van der Waals surface area (Å²) in [7, 11) is 3.32. The fourth-order valence-electron chi connectivity index (χ4n) is 3.75. The van der Waals surface area contributed by atoms with E-state index in [0.717, 1.165) is 34.9 Å². The Morgan fingerprint density at radius 3 is 2.82 bits per heavy atom. The van der Waals surface area contributed by atoms with Gasteiger partial charge >= 0.3 is 0 Å². The van der Waals surface area contributed by atoms with Crippen molar-refractivity contribution in [1.82, 2.24) is 14.9 Å². The molecule has 0 atom stereocenters.